The molecular weight excluding hydrogens is 703 g/mol. The summed E-state index contributed by atoms with van der Waals surface area (Å²) in [7, 11) is 4.25. The van der Waals surface area contributed by atoms with Gasteiger partial charge in [0.1, 0.15) is 40.8 Å². The first-order valence-electron chi connectivity index (χ1n) is 16.9. The average Bonchev–Trinajstić information content (AvgIpc) is 3.13. The summed E-state index contributed by atoms with van der Waals surface area (Å²) in [6, 6.07) is 6.70. The number of carbonyl (C=O) groups excluding carboxylic acids is 2. The molecule has 3 aromatic carbocycles. The second kappa shape index (κ2) is 16.8. The number of carbonyl (C=O) groups is 2. The number of hydrogen-bond acceptors (Lipinski definition) is 9. The molecule has 53 heavy (non-hydrogen) atoms. The van der Waals surface area contributed by atoms with Gasteiger partial charge < -0.3 is 29.6 Å². The van der Waals surface area contributed by atoms with Crippen LogP contribution in [0.15, 0.2) is 48.7 Å². The quantitative estimate of drug-likeness (QED) is 0.116. The number of nitrogens with zero attached hydrogens (tertiary/aromatic N) is 2. The van der Waals surface area contributed by atoms with Gasteiger partial charge in [0.2, 0.25) is 0 Å². The number of amides is 1. The van der Waals surface area contributed by atoms with Gasteiger partial charge >= 0.3 is 12.1 Å². The van der Waals surface area contributed by atoms with E-state index in [-0.39, 0.29) is 6.42 Å². The van der Waals surface area contributed by atoms with E-state index in [0.717, 1.165) is 31.3 Å². The number of rotatable bonds is 13. The van der Waals surface area contributed by atoms with E-state index in [1.54, 1.807) is 44.7 Å². The molecule has 1 amide bonds. The number of pyridine rings is 1. The van der Waals surface area contributed by atoms with Crippen molar-refractivity contribution in [1.29, 1.82) is 0 Å². The van der Waals surface area contributed by atoms with Gasteiger partial charge in [-0.15, -0.1) is 0 Å². The second-order valence-corrected chi connectivity index (χ2v) is 12.5. The SMILES string of the molecule is CC[C@@H](Nc1cc(F)c(C(=O)N[C@@H](Cc2ccc(-c3c(OC)cc(CN4CCOCC4)c(C)c3OC)c3ncccc23)C(=O)OC)c(F)c1)C(F)(F)F. The van der Waals surface area contributed by atoms with Crippen molar-refractivity contribution in [3.05, 3.63) is 82.5 Å². The van der Waals surface area contributed by atoms with E-state index >= 15 is 8.78 Å². The molecule has 5 rings (SSSR count). The summed E-state index contributed by atoms with van der Waals surface area (Å²) < 4.78 is 92.2. The summed E-state index contributed by atoms with van der Waals surface area (Å²) >= 11 is 0. The number of aromatic nitrogens is 1. The van der Waals surface area contributed by atoms with E-state index in [0.29, 0.717) is 71.0 Å². The molecule has 0 aliphatic carbocycles. The number of halogens is 5. The second-order valence-electron chi connectivity index (χ2n) is 12.5. The maximum Gasteiger partial charge on any atom is 0.408 e. The molecule has 1 aromatic heterocycles. The molecule has 0 radical (unpaired) electrons. The Morgan fingerprint density at radius 3 is 2.30 bits per heavy atom. The smallest absolute Gasteiger partial charge is 0.408 e. The molecule has 0 bridgehead atoms. The van der Waals surface area contributed by atoms with Crippen LogP contribution in [-0.2, 0) is 27.2 Å². The molecule has 4 aromatic rings. The lowest BCUT2D eigenvalue weighted by atomic mass is 9.91. The van der Waals surface area contributed by atoms with Gasteiger partial charge in [-0.1, -0.05) is 25.1 Å². The average molecular weight is 745 g/mol. The van der Waals surface area contributed by atoms with Gasteiger partial charge in [0.05, 0.1) is 45.6 Å². The van der Waals surface area contributed by atoms with Gasteiger partial charge in [-0.05, 0) is 54.3 Å². The van der Waals surface area contributed by atoms with Crippen molar-refractivity contribution in [2.45, 2.75) is 51.5 Å². The van der Waals surface area contributed by atoms with Crippen LogP contribution in [0, 0.1) is 18.6 Å². The molecule has 0 unspecified atom stereocenters. The van der Waals surface area contributed by atoms with Crippen LogP contribution in [0.5, 0.6) is 11.5 Å². The van der Waals surface area contributed by atoms with E-state index in [1.807, 2.05) is 18.3 Å². The maximum atomic E-state index is 15.1. The van der Waals surface area contributed by atoms with Crippen molar-refractivity contribution in [3.8, 4) is 22.6 Å². The van der Waals surface area contributed by atoms with Crippen LogP contribution in [0.3, 0.4) is 0 Å². The Labute approximate surface area is 303 Å². The fourth-order valence-corrected chi connectivity index (χ4v) is 6.51. The highest BCUT2D eigenvalue weighted by atomic mass is 19.4. The molecule has 2 N–H and O–H groups in total. The van der Waals surface area contributed by atoms with Gasteiger partial charge in [-0.25, -0.2) is 13.6 Å². The summed E-state index contributed by atoms with van der Waals surface area (Å²) in [4.78, 5) is 33.1. The number of morpholine rings is 1. The topological polar surface area (TPSA) is 111 Å². The largest absolute Gasteiger partial charge is 0.496 e. The number of ether oxygens (including phenoxy) is 4. The van der Waals surface area contributed by atoms with E-state index in [9.17, 15) is 22.8 Å². The van der Waals surface area contributed by atoms with Crippen LogP contribution in [0.2, 0.25) is 0 Å². The summed E-state index contributed by atoms with van der Waals surface area (Å²) in [6.45, 7) is 6.82. The zero-order chi connectivity index (χ0) is 38.4. The predicted molar refractivity (Wildman–Crippen MR) is 188 cm³/mol. The van der Waals surface area contributed by atoms with Gasteiger partial charge in [-0.3, -0.25) is 14.7 Å². The Bertz CT molecular complexity index is 1950. The van der Waals surface area contributed by atoms with E-state index in [1.165, 1.54) is 6.92 Å². The Balaban J connectivity index is 1.47. The summed E-state index contributed by atoms with van der Waals surface area (Å²) in [5.74, 6) is -3.88. The normalized spacial score (nSPS) is 14.8. The first-order valence-corrected chi connectivity index (χ1v) is 16.9. The van der Waals surface area contributed by atoms with Crippen LogP contribution in [0.4, 0.5) is 27.6 Å². The van der Waals surface area contributed by atoms with Gasteiger partial charge in [0.25, 0.3) is 5.91 Å². The van der Waals surface area contributed by atoms with Crippen molar-refractivity contribution >= 4 is 28.5 Å². The molecule has 1 saturated heterocycles. The van der Waals surface area contributed by atoms with Crippen molar-refractivity contribution in [1.82, 2.24) is 15.2 Å². The van der Waals surface area contributed by atoms with E-state index < -0.39 is 59.4 Å². The molecule has 0 spiro atoms. The zero-order valence-corrected chi connectivity index (χ0v) is 30.0. The number of methoxy groups -OCH3 is 3. The minimum Gasteiger partial charge on any atom is -0.496 e. The van der Waals surface area contributed by atoms with Gasteiger partial charge in [0, 0.05) is 48.9 Å². The third kappa shape index (κ3) is 8.62. The van der Waals surface area contributed by atoms with Gasteiger partial charge in [-0.2, -0.15) is 13.2 Å². The first-order chi connectivity index (χ1) is 25.3. The number of benzene rings is 3. The Morgan fingerprint density at radius 1 is 1.00 bits per heavy atom. The predicted octanol–water partition coefficient (Wildman–Crippen LogP) is 6.60. The van der Waals surface area contributed by atoms with Crippen LogP contribution in [0.1, 0.15) is 40.4 Å². The first kappa shape index (κ1) is 39.2. The molecule has 10 nitrogen and oxygen atoms in total. The fraction of sp³-hybridized carbons (Fsp3) is 0.395. The third-order valence-corrected chi connectivity index (χ3v) is 9.28. The lowest BCUT2D eigenvalue weighted by Crippen LogP contribution is -2.43. The summed E-state index contributed by atoms with van der Waals surface area (Å²) in [5.41, 5.74) is 2.79. The number of hydrogen-bond donors (Lipinski definition) is 2. The highest BCUT2D eigenvalue weighted by Gasteiger charge is 2.38. The van der Waals surface area contributed by atoms with Crippen LogP contribution in [0.25, 0.3) is 22.0 Å². The van der Waals surface area contributed by atoms with Crippen molar-refractivity contribution in [2.75, 3.05) is 52.9 Å². The molecule has 15 heteroatoms. The fourth-order valence-electron chi connectivity index (χ4n) is 6.51. The number of fused-ring (bicyclic) bond motifs is 1. The highest BCUT2D eigenvalue weighted by molar-refractivity contribution is 6.00. The molecule has 2 heterocycles. The Kier molecular flexibility index (Phi) is 12.4. The van der Waals surface area contributed by atoms with Crippen molar-refractivity contribution < 1.29 is 50.5 Å². The Hall–Kier alpha value is -5.02. The number of anilines is 1. The van der Waals surface area contributed by atoms with Crippen molar-refractivity contribution in [2.24, 2.45) is 0 Å². The summed E-state index contributed by atoms with van der Waals surface area (Å²) in [6.07, 6.45) is -3.63. The molecule has 0 saturated carbocycles. The Morgan fingerprint density at radius 2 is 1.70 bits per heavy atom. The number of alkyl halides is 3. The van der Waals surface area contributed by atoms with Crippen molar-refractivity contribution in [3.63, 3.8) is 0 Å². The zero-order valence-electron chi connectivity index (χ0n) is 30.0. The molecule has 1 aliphatic rings. The number of nitrogens with one attached hydrogen (secondary N) is 2. The van der Waals surface area contributed by atoms with Crippen LogP contribution < -0.4 is 20.1 Å². The molecular formula is C38H41F5N4O6. The van der Waals surface area contributed by atoms with Gasteiger partial charge in [0.15, 0.2) is 0 Å². The van der Waals surface area contributed by atoms with E-state index in [4.69, 9.17) is 18.9 Å². The lowest BCUT2D eigenvalue weighted by molar-refractivity contribution is -0.143. The van der Waals surface area contributed by atoms with Crippen LogP contribution >= 0.6 is 0 Å². The van der Waals surface area contributed by atoms with E-state index in [2.05, 4.69) is 15.2 Å². The third-order valence-electron chi connectivity index (χ3n) is 9.28. The highest BCUT2D eigenvalue weighted by Crippen LogP contribution is 2.45. The molecule has 284 valence electrons. The monoisotopic (exact) mass is 744 g/mol. The molecule has 2 atom stereocenters. The maximum absolute atomic E-state index is 15.1. The summed E-state index contributed by atoms with van der Waals surface area (Å²) in [5, 5.41) is 4.99. The molecule has 1 aliphatic heterocycles. The van der Waals surface area contributed by atoms with Crippen LogP contribution in [-0.4, -0.2) is 87.7 Å². The number of esters is 1. The molecule has 1 fully saturated rings. The standard InChI is InChI=1S/C38H41F5N4O6/c1-6-31(38(41,42)43)45-24-18-27(39)33(28(40)19-24)36(48)46-29(37(49)52-5)16-22-9-10-26(34-25(22)8-7-11-44-34)32-30(50-3)17-23(21(2)35(32)51-4)20-47-12-14-53-15-13-47/h7-11,17-19,29,31,45H,6,12-16,20H2,1-5H3,(H,46,48)/t29-,31+/m0/s1. The minimum absolute atomic E-state index is 0.167. The lowest BCUT2D eigenvalue weighted by Gasteiger charge is -2.28. The minimum atomic E-state index is -4.67.